The molecule has 2 N–H and O–H groups in total. The lowest BCUT2D eigenvalue weighted by Gasteiger charge is -2.17. The van der Waals surface area contributed by atoms with E-state index in [1.165, 1.54) is 6.07 Å². The second kappa shape index (κ2) is 5.88. The monoisotopic (exact) mass is 284 g/mol. The third-order valence-corrected chi connectivity index (χ3v) is 3.91. The summed E-state index contributed by atoms with van der Waals surface area (Å²) in [7, 11) is 0. The highest BCUT2D eigenvalue weighted by Crippen LogP contribution is 2.32. The molecule has 1 saturated heterocycles. The minimum atomic E-state index is -0.150. The Hall–Kier alpha value is -1.13. The van der Waals surface area contributed by atoms with Crippen molar-refractivity contribution in [2.75, 3.05) is 6.54 Å². The minimum Gasteiger partial charge on any atom is -0.348 e. The van der Waals surface area contributed by atoms with Crippen LogP contribution in [0, 0.1) is 5.82 Å². The number of rotatable bonds is 2. The lowest BCUT2D eigenvalue weighted by Crippen LogP contribution is -2.41. The van der Waals surface area contributed by atoms with Gasteiger partial charge in [-0.25, -0.2) is 4.39 Å². The average molecular weight is 285 g/mol. The molecule has 1 aliphatic carbocycles. The van der Waals surface area contributed by atoms with Crippen LogP contribution in [-0.4, -0.2) is 18.5 Å². The van der Waals surface area contributed by atoms with Gasteiger partial charge in [-0.05, 0) is 49.4 Å². The molecule has 3 nitrogen and oxygen atoms in total. The molecular weight excluding hydrogens is 267 g/mol. The van der Waals surface area contributed by atoms with Crippen LogP contribution in [0.1, 0.15) is 36.4 Å². The minimum absolute atomic E-state index is 0. The number of amides is 1. The van der Waals surface area contributed by atoms with Gasteiger partial charge in [0.25, 0.3) is 0 Å². The molecule has 1 aromatic carbocycles. The second-order valence-corrected chi connectivity index (χ2v) is 5.06. The molecule has 0 saturated carbocycles. The molecule has 1 aromatic rings. The Balaban J connectivity index is 0.00000133. The van der Waals surface area contributed by atoms with Gasteiger partial charge in [0.15, 0.2) is 0 Å². The van der Waals surface area contributed by atoms with Gasteiger partial charge in [0, 0.05) is 0 Å². The fourth-order valence-corrected chi connectivity index (χ4v) is 2.94. The van der Waals surface area contributed by atoms with Crippen molar-refractivity contribution in [1.82, 2.24) is 10.6 Å². The maximum atomic E-state index is 13.6. The summed E-state index contributed by atoms with van der Waals surface area (Å²) >= 11 is 0. The summed E-state index contributed by atoms with van der Waals surface area (Å²) in [6.07, 6.45) is 3.46. The molecule has 1 amide bonds. The third kappa shape index (κ3) is 2.74. The zero-order valence-electron chi connectivity index (χ0n) is 10.6. The molecule has 1 aliphatic heterocycles. The maximum Gasteiger partial charge on any atom is 0.237 e. The molecule has 2 aliphatic rings. The Bertz CT molecular complexity index is 475. The van der Waals surface area contributed by atoms with Gasteiger partial charge < -0.3 is 10.6 Å². The summed E-state index contributed by atoms with van der Waals surface area (Å²) < 4.78 is 13.6. The van der Waals surface area contributed by atoms with Crippen molar-refractivity contribution in [3.05, 3.63) is 35.1 Å². The van der Waals surface area contributed by atoms with Gasteiger partial charge in [0.1, 0.15) is 5.82 Å². The Labute approximate surface area is 118 Å². The van der Waals surface area contributed by atoms with Crippen LogP contribution >= 0.6 is 12.4 Å². The molecule has 19 heavy (non-hydrogen) atoms. The van der Waals surface area contributed by atoms with E-state index in [9.17, 15) is 9.18 Å². The number of benzene rings is 1. The topological polar surface area (TPSA) is 41.1 Å². The molecule has 0 radical (unpaired) electrons. The van der Waals surface area contributed by atoms with Crippen molar-refractivity contribution in [1.29, 1.82) is 0 Å². The molecule has 0 bridgehead atoms. The first-order valence-corrected chi connectivity index (χ1v) is 6.57. The van der Waals surface area contributed by atoms with E-state index in [4.69, 9.17) is 0 Å². The zero-order valence-corrected chi connectivity index (χ0v) is 11.4. The molecule has 1 fully saturated rings. The number of hydrogen-bond acceptors (Lipinski definition) is 2. The highest BCUT2D eigenvalue weighted by atomic mass is 35.5. The number of hydrogen-bond donors (Lipinski definition) is 2. The quantitative estimate of drug-likeness (QED) is 0.873. The fraction of sp³-hybridized carbons (Fsp3) is 0.500. The van der Waals surface area contributed by atoms with Crippen LogP contribution in [0.4, 0.5) is 4.39 Å². The summed E-state index contributed by atoms with van der Waals surface area (Å²) in [5, 5.41) is 6.22. The molecule has 3 rings (SSSR count). The van der Waals surface area contributed by atoms with Gasteiger partial charge in [0.2, 0.25) is 5.91 Å². The standard InChI is InChI=1S/C14H17FN2O.ClH/c15-11-4-1-3-10-9(11)6-7-12(10)17-14(18)13-5-2-8-16-13;/h1,3-4,12-13,16H,2,5-8H2,(H,17,18);1H. The van der Waals surface area contributed by atoms with Crippen molar-refractivity contribution in [3.8, 4) is 0 Å². The Morgan fingerprint density at radius 3 is 2.95 bits per heavy atom. The number of carbonyl (C=O) groups excluding carboxylic acids is 1. The largest absolute Gasteiger partial charge is 0.348 e. The van der Waals surface area contributed by atoms with Crippen LogP contribution in [0.5, 0.6) is 0 Å². The summed E-state index contributed by atoms with van der Waals surface area (Å²) in [5.74, 6) is -0.0992. The van der Waals surface area contributed by atoms with Crippen molar-refractivity contribution in [2.24, 2.45) is 0 Å². The molecule has 1 heterocycles. The van der Waals surface area contributed by atoms with Crippen molar-refractivity contribution in [2.45, 2.75) is 37.8 Å². The highest BCUT2D eigenvalue weighted by molar-refractivity contribution is 5.85. The van der Waals surface area contributed by atoms with E-state index in [0.717, 1.165) is 36.9 Å². The fourth-order valence-electron chi connectivity index (χ4n) is 2.94. The first kappa shape index (κ1) is 14.3. The lowest BCUT2D eigenvalue weighted by atomic mass is 10.1. The van der Waals surface area contributed by atoms with Crippen molar-refractivity contribution in [3.63, 3.8) is 0 Å². The van der Waals surface area contributed by atoms with Gasteiger partial charge in [-0.3, -0.25) is 4.79 Å². The number of fused-ring (bicyclic) bond motifs is 1. The number of halogens is 2. The van der Waals surface area contributed by atoms with Crippen LogP contribution in [0.25, 0.3) is 0 Å². The SMILES string of the molecule is Cl.O=C(NC1CCc2c(F)cccc21)C1CCCN1. The first-order valence-electron chi connectivity index (χ1n) is 6.57. The third-order valence-electron chi connectivity index (χ3n) is 3.91. The van der Waals surface area contributed by atoms with Crippen molar-refractivity contribution < 1.29 is 9.18 Å². The van der Waals surface area contributed by atoms with Gasteiger partial charge >= 0.3 is 0 Å². The number of carbonyl (C=O) groups is 1. The summed E-state index contributed by atoms with van der Waals surface area (Å²) in [6.45, 7) is 0.911. The smallest absolute Gasteiger partial charge is 0.237 e. The summed E-state index contributed by atoms with van der Waals surface area (Å²) in [5.41, 5.74) is 1.71. The van der Waals surface area contributed by atoms with Crippen molar-refractivity contribution >= 4 is 18.3 Å². The Kier molecular flexibility index (Phi) is 4.42. The van der Waals surface area contributed by atoms with E-state index >= 15 is 0 Å². The van der Waals surface area contributed by atoms with Crippen LogP contribution in [0.15, 0.2) is 18.2 Å². The Morgan fingerprint density at radius 1 is 1.37 bits per heavy atom. The second-order valence-electron chi connectivity index (χ2n) is 5.06. The average Bonchev–Trinajstić information content (AvgIpc) is 2.99. The van der Waals surface area contributed by atoms with E-state index in [2.05, 4.69) is 10.6 Å². The normalized spacial score (nSPS) is 24.7. The highest BCUT2D eigenvalue weighted by Gasteiger charge is 2.29. The summed E-state index contributed by atoms with van der Waals surface area (Å²) in [4.78, 5) is 12.0. The van der Waals surface area contributed by atoms with Gasteiger partial charge in [-0.1, -0.05) is 12.1 Å². The van der Waals surface area contributed by atoms with E-state index in [-0.39, 0.29) is 36.2 Å². The molecule has 2 atom stereocenters. The van der Waals surface area contributed by atoms with Crippen LogP contribution in [0.3, 0.4) is 0 Å². The van der Waals surface area contributed by atoms with Gasteiger partial charge in [-0.15, -0.1) is 12.4 Å². The Morgan fingerprint density at radius 2 is 2.21 bits per heavy atom. The van der Waals surface area contributed by atoms with E-state index < -0.39 is 0 Å². The molecule has 5 heteroatoms. The van der Waals surface area contributed by atoms with Crippen LogP contribution in [-0.2, 0) is 11.2 Å². The molecule has 2 unspecified atom stereocenters. The molecule has 104 valence electrons. The predicted molar refractivity (Wildman–Crippen MR) is 73.9 cm³/mol. The lowest BCUT2D eigenvalue weighted by molar-refractivity contribution is -0.123. The van der Waals surface area contributed by atoms with Gasteiger partial charge in [0.05, 0.1) is 12.1 Å². The molecular formula is C14H18ClFN2O. The molecule has 0 spiro atoms. The predicted octanol–water partition coefficient (Wildman–Crippen LogP) is 2.10. The van der Waals surface area contributed by atoms with E-state index in [1.54, 1.807) is 6.07 Å². The zero-order chi connectivity index (χ0) is 12.5. The van der Waals surface area contributed by atoms with E-state index in [0.29, 0.717) is 6.42 Å². The van der Waals surface area contributed by atoms with E-state index in [1.807, 2.05) is 6.07 Å². The maximum absolute atomic E-state index is 13.6. The first-order chi connectivity index (χ1) is 8.75. The molecule has 0 aromatic heterocycles. The van der Waals surface area contributed by atoms with Gasteiger partial charge in [-0.2, -0.15) is 0 Å². The van der Waals surface area contributed by atoms with Crippen LogP contribution < -0.4 is 10.6 Å². The summed E-state index contributed by atoms with van der Waals surface area (Å²) in [6, 6.07) is 5.03. The van der Waals surface area contributed by atoms with Crippen LogP contribution in [0.2, 0.25) is 0 Å². The number of nitrogens with one attached hydrogen (secondary N) is 2.